The first-order valence-electron chi connectivity index (χ1n) is 7.25. The highest BCUT2D eigenvalue weighted by Gasteiger charge is 2.21. The molecule has 3 heterocycles. The summed E-state index contributed by atoms with van der Waals surface area (Å²) in [5.41, 5.74) is 3.45. The van der Waals surface area contributed by atoms with Gasteiger partial charge in [-0.3, -0.25) is 9.89 Å². The highest BCUT2D eigenvalue weighted by Crippen LogP contribution is 2.32. The summed E-state index contributed by atoms with van der Waals surface area (Å²) in [5, 5.41) is 13.2. The van der Waals surface area contributed by atoms with Gasteiger partial charge in [0, 0.05) is 37.3 Å². The second-order valence-corrected chi connectivity index (χ2v) is 5.33. The van der Waals surface area contributed by atoms with Crippen LogP contribution in [0.3, 0.4) is 0 Å². The predicted octanol–water partition coefficient (Wildman–Crippen LogP) is 1.14. The summed E-state index contributed by atoms with van der Waals surface area (Å²) in [4.78, 5) is 12.3. The Bertz CT molecular complexity index is 732. The molecule has 0 atom stereocenters. The van der Waals surface area contributed by atoms with Gasteiger partial charge >= 0.3 is 0 Å². The number of hydrogen-bond acceptors (Lipinski definition) is 5. The fraction of sp³-hybridized carbons (Fsp3) is 0.333. The number of nitrogens with one attached hydrogen (secondary N) is 3. The molecule has 23 heavy (non-hydrogen) atoms. The molecule has 122 valence electrons. The van der Waals surface area contributed by atoms with Gasteiger partial charge in [0.1, 0.15) is 0 Å². The van der Waals surface area contributed by atoms with Crippen molar-refractivity contribution in [3.05, 3.63) is 40.7 Å². The standard InChI is InChI=1S/C15H16N4O3.ClH/c20-15(14-10-7-16-4-3-11(10)18-19-14)17-6-9-1-2-12-13(5-9)22-8-21-12;/h1-2,5,16H,3-4,6-8H2,(H,17,20)(H,18,19);1H. The monoisotopic (exact) mass is 336 g/mol. The molecule has 0 spiro atoms. The van der Waals surface area contributed by atoms with E-state index < -0.39 is 0 Å². The van der Waals surface area contributed by atoms with Crippen molar-refractivity contribution >= 4 is 18.3 Å². The number of ether oxygens (including phenoxy) is 2. The lowest BCUT2D eigenvalue weighted by molar-refractivity contribution is 0.0944. The Balaban J connectivity index is 0.00000156. The van der Waals surface area contributed by atoms with Gasteiger partial charge in [-0.1, -0.05) is 6.07 Å². The summed E-state index contributed by atoms with van der Waals surface area (Å²) in [6.07, 6.45) is 0.873. The highest BCUT2D eigenvalue weighted by atomic mass is 35.5. The van der Waals surface area contributed by atoms with Crippen LogP contribution in [0.25, 0.3) is 0 Å². The summed E-state index contributed by atoms with van der Waals surface area (Å²) < 4.78 is 10.6. The Morgan fingerprint density at radius 2 is 2.17 bits per heavy atom. The summed E-state index contributed by atoms with van der Waals surface area (Å²) in [7, 11) is 0. The number of hydrogen-bond donors (Lipinski definition) is 3. The van der Waals surface area contributed by atoms with Gasteiger partial charge in [-0.15, -0.1) is 12.4 Å². The Morgan fingerprint density at radius 1 is 1.30 bits per heavy atom. The Labute approximate surface area is 139 Å². The van der Waals surface area contributed by atoms with Gasteiger partial charge in [0.15, 0.2) is 17.2 Å². The van der Waals surface area contributed by atoms with Crippen LogP contribution in [0.5, 0.6) is 11.5 Å². The topological polar surface area (TPSA) is 88.3 Å². The molecule has 1 amide bonds. The predicted molar refractivity (Wildman–Crippen MR) is 85.0 cm³/mol. The number of benzene rings is 1. The van der Waals surface area contributed by atoms with Gasteiger partial charge in [-0.05, 0) is 17.7 Å². The number of carbonyl (C=O) groups excluding carboxylic acids is 1. The van der Waals surface area contributed by atoms with Crippen LogP contribution in [0.15, 0.2) is 18.2 Å². The molecule has 0 fully saturated rings. The number of amides is 1. The number of carbonyl (C=O) groups is 1. The molecule has 1 aromatic carbocycles. The molecule has 8 heteroatoms. The average molecular weight is 337 g/mol. The third-order valence-corrected chi connectivity index (χ3v) is 3.91. The summed E-state index contributed by atoms with van der Waals surface area (Å²) in [6, 6.07) is 5.64. The zero-order valence-corrected chi connectivity index (χ0v) is 13.2. The number of fused-ring (bicyclic) bond motifs is 2. The van der Waals surface area contributed by atoms with E-state index in [-0.39, 0.29) is 25.1 Å². The number of aromatic nitrogens is 2. The van der Waals surface area contributed by atoms with E-state index in [2.05, 4.69) is 20.8 Å². The van der Waals surface area contributed by atoms with Gasteiger partial charge in [0.2, 0.25) is 6.79 Å². The van der Waals surface area contributed by atoms with Crippen molar-refractivity contribution in [3.63, 3.8) is 0 Å². The summed E-state index contributed by atoms with van der Waals surface area (Å²) >= 11 is 0. The molecular weight excluding hydrogens is 320 g/mol. The number of aromatic amines is 1. The average Bonchev–Trinajstić information content (AvgIpc) is 3.18. The number of halogens is 1. The molecule has 3 N–H and O–H groups in total. The Morgan fingerprint density at radius 3 is 3.09 bits per heavy atom. The molecule has 2 aromatic rings. The molecule has 0 unspecified atom stereocenters. The Kier molecular flexibility index (Phi) is 4.40. The van der Waals surface area contributed by atoms with E-state index in [1.807, 2.05) is 18.2 Å². The van der Waals surface area contributed by atoms with Crippen LogP contribution in [0.2, 0.25) is 0 Å². The lowest BCUT2D eigenvalue weighted by Crippen LogP contribution is -2.28. The molecule has 0 bridgehead atoms. The van der Waals surface area contributed by atoms with Gasteiger partial charge in [-0.2, -0.15) is 5.10 Å². The molecular formula is C15H17ClN4O3. The first-order chi connectivity index (χ1) is 10.8. The molecule has 0 saturated heterocycles. The van der Waals surface area contributed by atoms with Crippen molar-refractivity contribution in [2.24, 2.45) is 0 Å². The number of rotatable bonds is 3. The van der Waals surface area contributed by atoms with Crippen molar-refractivity contribution in [1.29, 1.82) is 0 Å². The minimum absolute atomic E-state index is 0. The normalized spacial score (nSPS) is 14.8. The van der Waals surface area contributed by atoms with Crippen molar-refractivity contribution in [2.75, 3.05) is 13.3 Å². The summed E-state index contributed by atoms with van der Waals surface area (Å²) in [5.74, 6) is 1.29. The maximum absolute atomic E-state index is 12.3. The van der Waals surface area contributed by atoms with Crippen molar-refractivity contribution in [1.82, 2.24) is 20.8 Å². The molecule has 4 rings (SSSR count). The lowest BCUT2D eigenvalue weighted by atomic mass is 10.1. The summed E-state index contributed by atoms with van der Waals surface area (Å²) in [6.45, 7) is 2.26. The fourth-order valence-electron chi connectivity index (χ4n) is 2.73. The molecule has 1 aromatic heterocycles. The minimum Gasteiger partial charge on any atom is -0.454 e. The van der Waals surface area contributed by atoms with E-state index in [1.165, 1.54) is 0 Å². The van der Waals surface area contributed by atoms with Gasteiger partial charge in [-0.25, -0.2) is 0 Å². The second-order valence-electron chi connectivity index (χ2n) is 5.33. The highest BCUT2D eigenvalue weighted by molar-refractivity contribution is 5.94. The first-order valence-corrected chi connectivity index (χ1v) is 7.25. The maximum atomic E-state index is 12.3. The third kappa shape index (κ3) is 2.97. The fourth-order valence-corrected chi connectivity index (χ4v) is 2.73. The lowest BCUT2D eigenvalue weighted by Gasteiger charge is -2.12. The number of nitrogens with zero attached hydrogens (tertiary/aromatic N) is 1. The van der Waals surface area contributed by atoms with E-state index in [1.54, 1.807) is 0 Å². The third-order valence-electron chi connectivity index (χ3n) is 3.91. The molecule has 0 aliphatic carbocycles. The zero-order valence-electron chi connectivity index (χ0n) is 12.3. The zero-order chi connectivity index (χ0) is 14.9. The Hall–Kier alpha value is -2.25. The smallest absolute Gasteiger partial charge is 0.272 e. The second kappa shape index (κ2) is 6.47. The molecule has 2 aliphatic rings. The first kappa shape index (κ1) is 15.6. The molecule has 2 aliphatic heterocycles. The van der Waals surface area contributed by atoms with E-state index in [0.717, 1.165) is 35.5 Å². The van der Waals surface area contributed by atoms with Crippen LogP contribution < -0.4 is 20.1 Å². The van der Waals surface area contributed by atoms with E-state index in [0.29, 0.717) is 24.5 Å². The van der Waals surface area contributed by atoms with Crippen LogP contribution in [0, 0.1) is 0 Å². The van der Waals surface area contributed by atoms with Gasteiger partial charge < -0.3 is 20.1 Å². The molecule has 0 saturated carbocycles. The molecule has 7 nitrogen and oxygen atoms in total. The minimum atomic E-state index is -0.168. The molecule has 0 radical (unpaired) electrons. The van der Waals surface area contributed by atoms with E-state index in [4.69, 9.17) is 9.47 Å². The van der Waals surface area contributed by atoms with Crippen LogP contribution >= 0.6 is 12.4 Å². The quantitative estimate of drug-likeness (QED) is 0.782. The van der Waals surface area contributed by atoms with Crippen molar-refractivity contribution in [3.8, 4) is 11.5 Å². The van der Waals surface area contributed by atoms with Crippen LogP contribution in [-0.2, 0) is 19.5 Å². The van der Waals surface area contributed by atoms with Crippen molar-refractivity contribution < 1.29 is 14.3 Å². The van der Waals surface area contributed by atoms with Crippen LogP contribution in [0.4, 0.5) is 0 Å². The SMILES string of the molecule is Cl.O=C(NCc1ccc2c(c1)OCO2)c1n[nH]c2c1CNCC2. The van der Waals surface area contributed by atoms with Gasteiger partial charge in [0.25, 0.3) is 5.91 Å². The maximum Gasteiger partial charge on any atom is 0.272 e. The van der Waals surface area contributed by atoms with E-state index >= 15 is 0 Å². The van der Waals surface area contributed by atoms with Crippen LogP contribution in [-0.4, -0.2) is 29.4 Å². The van der Waals surface area contributed by atoms with Crippen molar-refractivity contribution in [2.45, 2.75) is 19.5 Å². The van der Waals surface area contributed by atoms with E-state index in [9.17, 15) is 4.79 Å². The number of H-pyrrole nitrogens is 1. The van der Waals surface area contributed by atoms with Gasteiger partial charge in [0.05, 0.1) is 0 Å². The largest absolute Gasteiger partial charge is 0.454 e. The van der Waals surface area contributed by atoms with Crippen LogP contribution in [0.1, 0.15) is 27.3 Å².